The topological polar surface area (TPSA) is 84.8 Å². The molecule has 3 heterocycles. The number of halogens is 3. The molecule has 1 aromatic heterocycles. The molecule has 2 aliphatic rings. The molecule has 0 radical (unpaired) electrons. The molecule has 1 N–H and O–H groups in total. The number of hydrogen-bond acceptors (Lipinski definition) is 7. The van der Waals surface area contributed by atoms with Crippen LogP contribution >= 0.6 is 0 Å². The standard InChI is InChI=1S/C38H37F3N6O3/c1-26-17-33(46-15-13-45(14-16-46)32-8-5-28(6-9-32)37(48)44-31-4-2-3-29(39)18-31)10-12-36(26)49-21-27-20-38(50-22-27,23-47-25-42-24-43-47)34-11-7-30(40)19-35(34)41/h2-12,17-19,24-25,27H,13-16,20-23H2,1H3,(H,44,48)/t27-,38+/m1/s1. The van der Waals surface area contributed by atoms with Crippen molar-refractivity contribution in [1.82, 2.24) is 14.8 Å². The average Bonchev–Trinajstić information content (AvgIpc) is 3.78. The fraction of sp³-hybridized carbons (Fsp3) is 0.289. The van der Waals surface area contributed by atoms with Crippen LogP contribution in [0.15, 0.2) is 97.6 Å². The number of piperazine rings is 1. The number of carbonyl (C=O) groups is 1. The van der Waals surface area contributed by atoms with Gasteiger partial charge in [-0.1, -0.05) is 12.1 Å². The minimum atomic E-state index is -1.03. The number of rotatable bonds is 10. The van der Waals surface area contributed by atoms with E-state index in [1.54, 1.807) is 35.3 Å². The second-order valence-corrected chi connectivity index (χ2v) is 12.8. The quantitative estimate of drug-likeness (QED) is 0.178. The van der Waals surface area contributed by atoms with Gasteiger partial charge in [0.25, 0.3) is 5.91 Å². The highest BCUT2D eigenvalue weighted by Gasteiger charge is 2.44. The Morgan fingerprint density at radius 2 is 1.66 bits per heavy atom. The van der Waals surface area contributed by atoms with E-state index in [4.69, 9.17) is 9.47 Å². The first-order valence-electron chi connectivity index (χ1n) is 16.6. The summed E-state index contributed by atoms with van der Waals surface area (Å²) in [5.74, 6) is -1.23. The molecule has 2 fully saturated rings. The highest BCUT2D eigenvalue weighted by molar-refractivity contribution is 6.04. The molecular weight excluding hydrogens is 645 g/mol. The molecular formula is C38H37F3N6O3. The van der Waals surface area contributed by atoms with Gasteiger partial charge in [-0.05, 0) is 85.6 Å². The van der Waals surface area contributed by atoms with Crippen LogP contribution in [0.1, 0.15) is 27.9 Å². The summed E-state index contributed by atoms with van der Waals surface area (Å²) in [5.41, 5.74) is 3.34. The number of aromatic nitrogens is 3. The summed E-state index contributed by atoms with van der Waals surface area (Å²) in [6.07, 6.45) is 3.44. The molecule has 0 aliphatic carbocycles. The molecule has 7 rings (SSSR count). The molecule has 2 atom stereocenters. The fourth-order valence-electron chi connectivity index (χ4n) is 6.80. The van der Waals surface area contributed by atoms with Crippen molar-refractivity contribution >= 4 is 23.0 Å². The maximum absolute atomic E-state index is 15.0. The number of nitrogens with zero attached hydrogens (tertiary/aromatic N) is 5. The molecule has 12 heteroatoms. The third-order valence-corrected chi connectivity index (χ3v) is 9.37. The zero-order valence-corrected chi connectivity index (χ0v) is 27.6. The van der Waals surface area contributed by atoms with E-state index in [0.717, 1.165) is 54.9 Å². The summed E-state index contributed by atoms with van der Waals surface area (Å²) in [6, 6.07) is 23.0. The van der Waals surface area contributed by atoms with Gasteiger partial charge in [-0.25, -0.2) is 22.8 Å². The fourth-order valence-corrected chi connectivity index (χ4v) is 6.80. The van der Waals surface area contributed by atoms with Crippen molar-refractivity contribution in [1.29, 1.82) is 0 Å². The molecule has 5 aromatic rings. The van der Waals surface area contributed by atoms with Gasteiger partial charge in [0.15, 0.2) is 0 Å². The summed E-state index contributed by atoms with van der Waals surface area (Å²) >= 11 is 0. The minimum Gasteiger partial charge on any atom is -0.493 e. The van der Waals surface area contributed by atoms with Crippen molar-refractivity contribution in [3.8, 4) is 5.75 Å². The van der Waals surface area contributed by atoms with Crippen LogP contribution < -0.4 is 19.9 Å². The van der Waals surface area contributed by atoms with E-state index >= 15 is 0 Å². The van der Waals surface area contributed by atoms with Crippen molar-refractivity contribution in [3.63, 3.8) is 0 Å². The Morgan fingerprint density at radius 3 is 2.36 bits per heavy atom. The van der Waals surface area contributed by atoms with Gasteiger partial charge in [-0.3, -0.25) is 4.79 Å². The summed E-state index contributed by atoms with van der Waals surface area (Å²) < 4.78 is 56.3. The van der Waals surface area contributed by atoms with Crippen LogP contribution in [-0.2, 0) is 16.9 Å². The van der Waals surface area contributed by atoms with E-state index in [0.29, 0.717) is 36.4 Å². The molecule has 0 unspecified atom stereocenters. The van der Waals surface area contributed by atoms with Crippen LogP contribution in [0.25, 0.3) is 0 Å². The molecule has 2 saturated heterocycles. The summed E-state index contributed by atoms with van der Waals surface area (Å²) in [5, 5.41) is 6.92. The summed E-state index contributed by atoms with van der Waals surface area (Å²) in [4.78, 5) is 21.3. The number of anilines is 3. The van der Waals surface area contributed by atoms with Crippen molar-refractivity contribution in [3.05, 3.63) is 132 Å². The average molecular weight is 683 g/mol. The van der Waals surface area contributed by atoms with E-state index in [1.165, 1.54) is 30.6 Å². The smallest absolute Gasteiger partial charge is 0.255 e. The van der Waals surface area contributed by atoms with Gasteiger partial charge in [-0.15, -0.1) is 0 Å². The van der Waals surface area contributed by atoms with Crippen molar-refractivity contribution in [2.24, 2.45) is 5.92 Å². The van der Waals surface area contributed by atoms with Crippen LogP contribution in [0, 0.1) is 30.3 Å². The third-order valence-electron chi connectivity index (χ3n) is 9.37. The monoisotopic (exact) mass is 682 g/mol. The molecule has 2 aliphatic heterocycles. The normalized spacial score (nSPS) is 19.1. The Hall–Kier alpha value is -5.36. The zero-order chi connectivity index (χ0) is 34.7. The first-order chi connectivity index (χ1) is 24.2. The highest BCUT2D eigenvalue weighted by atomic mass is 19.1. The molecule has 9 nitrogen and oxygen atoms in total. The van der Waals surface area contributed by atoms with E-state index in [2.05, 4.69) is 37.3 Å². The van der Waals surface area contributed by atoms with Crippen molar-refractivity contribution in [2.75, 3.05) is 54.5 Å². The maximum Gasteiger partial charge on any atom is 0.255 e. The predicted octanol–water partition coefficient (Wildman–Crippen LogP) is 6.59. The second kappa shape index (κ2) is 14.2. The number of amides is 1. The maximum atomic E-state index is 15.0. The number of benzene rings is 4. The number of aryl methyl sites for hydroxylation is 1. The van der Waals surface area contributed by atoms with Gasteiger partial charge >= 0.3 is 0 Å². The summed E-state index contributed by atoms with van der Waals surface area (Å²) in [7, 11) is 0. The lowest BCUT2D eigenvalue weighted by molar-refractivity contribution is -0.0206. The number of ether oxygens (including phenoxy) is 2. The van der Waals surface area contributed by atoms with E-state index in [-0.39, 0.29) is 18.4 Å². The van der Waals surface area contributed by atoms with E-state index in [1.807, 2.05) is 25.1 Å². The molecule has 4 aromatic carbocycles. The Balaban J connectivity index is 0.929. The molecule has 0 saturated carbocycles. The number of nitrogens with one attached hydrogen (secondary N) is 1. The van der Waals surface area contributed by atoms with Crippen LogP contribution in [-0.4, -0.2) is 60.1 Å². The lowest BCUT2D eigenvalue weighted by atomic mass is 9.87. The molecule has 50 heavy (non-hydrogen) atoms. The molecule has 258 valence electrons. The van der Waals surface area contributed by atoms with Gasteiger partial charge in [-0.2, -0.15) is 5.10 Å². The highest BCUT2D eigenvalue weighted by Crippen LogP contribution is 2.42. The van der Waals surface area contributed by atoms with Gasteiger partial charge in [0.05, 0.1) is 19.8 Å². The number of hydrogen-bond donors (Lipinski definition) is 1. The Kier molecular flexibility index (Phi) is 9.44. The lowest BCUT2D eigenvalue weighted by Gasteiger charge is -2.37. The van der Waals surface area contributed by atoms with Gasteiger partial charge in [0.1, 0.15) is 41.5 Å². The van der Waals surface area contributed by atoms with Crippen LogP contribution in [0.5, 0.6) is 5.75 Å². The predicted molar refractivity (Wildman–Crippen MR) is 184 cm³/mol. The molecule has 1 amide bonds. The molecule has 0 spiro atoms. The van der Waals surface area contributed by atoms with Crippen molar-refractivity contribution < 1.29 is 27.4 Å². The van der Waals surface area contributed by atoms with Gasteiger partial charge < -0.3 is 24.6 Å². The van der Waals surface area contributed by atoms with Gasteiger partial charge in [0.2, 0.25) is 0 Å². The van der Waals surface area contributed by atoms with E-state index in [9.17, 15) is 18.0 Å². The number of carbonyl (C=O) groups excluding carboxylic acids is 1. The molecule has 0 bridgehead atoms. The van der Waals surface area contributed by atoms with E-state index < -0.39 is 23.1 Å². The van der Waals surface area contributed by atoms with Crippen molar-refractivity contribution in [2.45, 2.75) is 25.5 Å². The van der Waals surface area contributed by atoms with Crippen LogP contribution in [0.2, 0.25) is 0 Å². The van der Waals surface area contributed by atoms with Crippen LogP contribution in [0.4, 0.5) is 30.2 Å². The first-order valence-corrected chi connectivity index (χ1v) is 16.6. The lowest BCUT2D eigenvalue weighted by Crippen LogP contribution is -2.46. The summed E-state index contributed by atoms with van der Waals surface area (Å²) in [6.45, 7) is 6.30. The first kappa shape index (κ1) is 33.2. The van der Waals surface area contributed by atoms with Gasteiger partial charge in [0, 0.05) is 66.4 Å². The Labute approximate surface area is 288 Å². The zero-order valence-electron chi connectivity index (χ0n) is 27.6. The Bertz CT molecular complexity index is 1950. The second-order valence-electron chi connectivity index (χ2n) is 12.8. The SMILES string of the molecule is Cc1cc(N2CCN(c3ccc(C(=O)Nc4cccc(F)c4)cc3)CC2)ccc1OC[C@@H]1CO[C@@](Cn2cncn2)(c2ccc(F)cc2F)C1. The third kappa shape index (κ3) is 7.30. The largest absolute Gasteiger partial charge is 0.493 e. The Morgan fingerprint density at radius 1 is 0.920 bits per heavy atom. The minimum absolute atomic E-state index is 0.0213. The van der Waals surface area contributed by atoms with Crippen LogP contribution in [0.3, 0.4) is 0 Å².